The third-order valence-corrected chi connectivity index (χ3v) is 3.86. The van der Waals surface area contributed by atoms with E-state index in [4.69, 9.17) is 9.47 Å². The second-order valence-corrected chi connectivity index (χ2v) is 6.24. The number of rotatable bonds is 6. The van der Waals surface area contributed by atoms with Gasteiger partial charge in [0.2, 0.25) is 6.79 Å². The van der Waals surface area contributed by atoms with Gasteiger partial charge in [-0.05, 0) is 19.4 Å². The van der Waals surface area contributed by atoms with Crippen molar-refractivity contribution in [3.05, 3.63) is 17.7 Å². The largest absolute Gasteiger partial charge is 0.507 e. The molecule has 0 aromatic heterocycles. The molecule has 2 rings (SSSR count). The van der Waals surface area contributed by atoms with E-state index in [1.54, 1.807) is 18.4 Å². The maximum Gasteiger partial charge on any atom is 0.231 e. The number of ether oxygens (including phenoxy) is 2. The van der Waals surface area contributed by atoms with Crippen molar-refractivity contribution >= 4 is 10.8 Å². The number of phenols is 1. The summed E-state index contributed by atoms with van der Waals surface area (Å²) in [5.74, 6) is 2.12. The van der Waals surface area contributed by atoms with Gasteiger partial charge in [-0.25, -0.2) is 0 Å². The molecule has 0 aliphatic carbocycles. The van der Waals surface area contributed by atoms with Gasteiger partial charge in [-0.15, -0.1) is 0 Å². The summed E-state index contributed by atoms with van der Waals surface area (Å²) in [5.41, 5.74) is 0.772. The lowest BCUT2D eigenvalue weighted by Gasteiger charge is -2.14. The Morgan fingerprint density at radius 1 is 1.42 bits per heavy atom. The molecular formula is C13H19NO4S. The van der Waals surface area contributed by atoms with Crippen LogP contribution in [0.1, 0.15) is 18.9 Å². The molecule has 0 saturated heterocycles. The Hall–Kier alpha value is -1.27. The molecule has 0 amide bonds. The first-order valence-corrected chi connectivity index (χ1v) is 7.94. The smallest absolute Gasteiger partial charge is 0.231 e. The van der Waals surface area contributed by atoms with Crippen molar-refractivity contribution in [3.63, 3.8) is 0 Å². The van der Waals surface area contributed by atoms with E-state index in [0.717, 1.165) is 12.0 Å². The maximum atomic E-state index is 11.0. The predicted octanol–water partition coefficient (Wildman–Crippen LogP) is 1.37. The molecule has 0 spiro atoms. The molecule has 2 N–H and O–H groups in total. The Balaban J connectivity index is 1.91. The summed E-state index contributed by atoms with van der Waals surface area (Å²) in [6, 6.07) is 3.61. The summed E-state index contributed by atoms with van der Waals surface area (Å²) in [4.78, 5) is 0. The lowest BCUT2D eigenvalue weighted by molar-refractivity contribution is 0.174. The topological polar surface area (TPSA) is 67.8 Å². The molecule has 0 fully saturated rings. The van der Waals surface area contributed by atoms with Crippen molar-refractivity contribution in [1.29, 1.82) is 0 Å². The highest BCUT2D eigenvalue weighted by molar-refractivity contribution is 7.84. The molecule has 1 heterocycles. The van der Waals surface area contributed by atoms with Crippen LogP contribution in [0.3, 0.4) is 0 Å². The normalized spacial score (nSPS) is 16.3. The highest BCUT2D eigenvalue weighted by Crippen LogP contribution is 2.37. The summed E-state index contributed by atoms with van der Waals surface area (Å²) in [6.07, 6.45) is 2.55. The Morgan fingerprint density at radius 3 is 2.79 bits per heavy atom. The van der Waals surface area contributed by atoms with E-state index in [1.807, 2.05) is 6.92 Å². The van der Waals surface area contributed by atoms with Gasteiger partial charge in [0.25, 0.3) is 0 Å². The van der Waals surface area contributed by atoms with Crippen LogP contribution >= 0.6 is 0 Å². The fourth-order valence-electron chi connectivity index (χ4n) is 1.84. The van der Waals surface area contributed by atoms with Crippen LogP contribution in [0.2, 0.25) is 0 Å². The average Bonchev–Trinajstić information content (AvgIpc) is 2.80. The number of hydrogen-bond acceptors (Lipinski definition) is 5. The minimum atomic E-state index is -0.764. The number of fused-ring (bicyclic) bond motifs is 1. The highest BCUT2D eigenvalue weighted by Gasteiger charge is 2.17. The van der Waals surface area contributed by atoms with Crippen LogP contribution in [0.4, 0.5) is 0 Å². The summed E-state index contributed by atoms with van der Waals surface area (Å²) >= 11 is 0. The van der Waals surface area contributed by atoms with Crippen LogP contribution in [0.25, 0.3) is 0 Å². The molecule has 2 unspecified atom stereocenters. The van der Waals surface area contributed by atoms with Crippen LogP contribution < -0.4 is 14.8 Å². The number of nitrogens with one attached hydrogen (secondary N) is 1. The third-order valence-electron chi connectivity index (χ3n) is 3.05. The fourth-order valence-corrected chi connectivity index (χ4v) is 2.53. The van der Waals surface area contributed by atoms with Crippen molar-refractivity contribution in [2.24, 2.45) is 0 Å². The molecule has 1 aliphatic rings. The Labute approximate surface area is 115 Å². The second-order valence-electron chi connectivity index (χ2n) is 4.68. The standard InChI is InChI=1S/C13H19NO4S/c1-9(3-4-19(2)16)14-7-10-5-12-13(6-11(10)15)18-8-17-12/h5-6,9,14-15H,3-4,7-8H2,1-2H3. The molecule has 0 saturated carbocycles. The molecule has 6 heteroatoms. The van der Waals surface area contributed by atoms with E-state index < -0.39 is 10.8 Å². The molecule has 0 bridgehead atoms. The minimum Gasteiger partial charge on any atom is -0.507 e. The number of phenolic OH excluding ortho intramolecular Hbond substituents is 1. The maximum absolute atomic E-state index is 11.0. The molecule has 2 atom stereocenters. The molecule has 19 heavy (non-hydrogen) atoms. The van der Waals surface area contributed by atoms with E-state index in [-0.39, 0.29) is 18.6 Å². The minimum absolute atomic E-state index is 0.197. The summed E-state index contributed by atoms with van der Waals surface area (Å²) in [5, 5.41) is 13.2. The molecule has 1 aromatic carbocycles. The molecule has 1 aromatic rings. The summed E-state index contributed by atoms with van der Waals surface area (Å²) in [7, 11) is -0.764. The van der Waals surface area contributed by atoms with Crippen LogP contribution in [0.5, 0.6) is 17.2 Å². The molecular weight excluding hydrogens is 266 g/mol. The van der Waals surface area contributed by atoms with Crippen molar-refractivity contribution < 1.29 is 18.8 Å². The van der Waals surface area contributed by atoms with Gasteiger partial charge in [0.05, 0.1) is 0 Å². The average molecular weight is 285 g/mol. The molecule has 1 aliphatic heterocycles. The van der Waals surface area contributed by atoms with E-state index in [9.17, 15) is 9.32 Å². The van der Waals surface area contributed by atoms with E-state index in [1.165, 1.54) is 0 Å². The third kappa shape index (κ3) is 3.84. The molecule has 5 nitrogen and oxygen atoms in total. The van der Waals surface area contributed by atoms with Gasteiger partial charge in [0.15, 0.2) is 11.5 Å². The summed E-state index contributed by atoms with van der Waals surface area (Å²) in [6.45, 7) is 2.78. The summed E-state index contributed by atoms with van der Waals surface area (Å²) < 4.78 is 21.5. The van der Waals surface area contributed by atoms with Crippen molar-refractivity contribution in [2.75, 3.05) is 18.8 Å². The van der Waals surface area contributed by atoms with Gasteiger partial charge in [-0.1, -0.05) is 0 Å². The lowest BCUT2D eigenvalue weighted by Crippen LogP contribution is -2.27. The van der Waals surface area contributed by atoms with E-state index >= 15 is 0 Å². The Morgan fingerprint density at radius 2 is 2.11 bits per heavy atom. The first-order chi connectivity index (χ1) is 9.06. The number of aromatic hydroxyl groups is 1. The number of hydrogen-bond donors (Lipinski definition) is 2. The fraction of sp³-hybridized carbons (Fsp3) is 0.538. The van der Waals surface area contributed by atoms with Crippen LogP contribution in [0.15, 0.2) is 12.1 Å². The van der Waals surface area contributed by atoms with Gasteiger partial charge in [-0.2, -0.15) is 0 Å². The van der Waals surface area contributed by atoms with Crippen LogP contribution in [0, 0.1) is 0 Å². The zero-order chi connectivity index (χ0) is 13.8. The SMILES string of the molecule is CC(CCS(C)=O)NCc1cc2c(cc1O)OCO2. The van der Waals surface area contributed by atoms with Gasteiger partial charge >= 0.3 is 0 Å². The first-order valence-electron chi connectivity index (χ1n) is 6.21. The van der Waals surface area contributed by atoms with E-state index in [0.29, 0.717) is 23.8 Å². The quantitative estimate of drug-likeness (QED) is 0.826. The lowest BCUT2D eigenvalue weighted by atomic mass is 10.1. The Kier molecular flexibility index (Phi) is 4.66. The zero-order valence-electron chi connectivity index (χ0n) is 11.1. The van der Waals surface area contributed by atoms with Gasteiger partial charge < -0.3 is 19.9 Å². The Bertz CT molecular complexity index is 478. The van der Waals surface area contributed by atoms with Gasteiger partial charge in [0, 0.05) is 47.0 Å². The first kappa shape index (κ1) is 14.1. The predicted molar refractivity (Wildman–Crippen MR) is 74.1 cm³/mol. The van der Waals surface area contributed by atoms with Gasteiger partial charge in [0.1, 0.15) is 5.75 Å². The number of benzene rings is 1. The zero-order valence-corrected chi connectivity index (χ0v) is 12.0. The van der Waals surface area contributed by atoms with Gasteiger partial charge in [-0.3, -0.25) is 4.21 Å². The van der Waals surface area contributed by atoms with Crippen molar-refractivity contribution in [2.45, 2.75) is 25.9 Å². The molecule has 106 valence electrons. The van der Waals surface area contributed by atoms with Crippen molar-refractivity contribution in [1.82, 2.24) is 5.32 Å². The van der Waals surface area contributed by atoms with E-state index in [2.05, 4.69) is 5.32 Å². The second kappa shape index (κ2) is 6.25. The van der Waals surface area contributed by atoms with Crippen LogP contribution in [-0.4, -0.2) is 34.2 Å². The highest BCUT2D eigenvalue weighted by atomic mass is 32.2. The van der Waals surface area contributed by atoms with Crippen molar-refractivity contribution in [3.8, 4) is 17.2 Å². The molecule has 0 radical (unpaired) electrons. The monoisotopic (exact) mass is 285 g/mol. The van der Waals surface area contributed by atoms with Crippen LogP contribution in [-0.2, 0) is 17.3 Å².